The third-order valence-corrected chi connectivity index (χ3v) is 2.88. The third-order valence-electron chi connectivity index (χ3n) is 2.88. The average Bonchev–Trinajstić information content (AvgIpc) is 2.28. The van der Waals surface area contributed by atoms with Crippen LogP contribution in [0.4, 0.5) is 0 Å². The van der Waals surface area contributed by atoms with Crippen molar-refractivity contribution in [2.45, 2.75) is 27.4 Å². The molecule has 0 fully saturated rings. The summed E-state index contributed by atoms with van der Waals surface area (Å²) in [5.41, 5.74) is 2.90. The zero-order valence-corrected chi connectivity index (χ0v) is 10.6. The Morgan fingerprint density at radius 1 is 1.22 bits per heavy atom. The van der Waals surface area contributed by atoms with Crippen LogP contribution in [0.2, 0.25) is 0 Å². The summed E-state index contributed by atoms with van der Waals surface area (Å²) in [6.45, 7) is 5.35. The van der Waals surface area contributed by atoms with Gasteiger partial charge < -0.3 is 9.15 Å². The lowest BCUT2D eigenvalue weighted by molar-refractivity contribution is -0.142. The van der Waals surface area contributed by atoms with E-state index in [0.29, 0.717) is 11.1 Å². The number of esters is 1. The van der Waals surface area contributed by atoms with Crippen molar-refractivity contribution in [2.75, 3.05) is 0 Å². The average molecular weight is 246 g/mol. The van der Waals surface area contributed by atoms with Crippen molar-refractivity contribution in [1.29, 1.82) is 0 Å². The summed E-state index contributed by atoms with van der Waals surface area (Å²) in [7, 11) is 0. The Hall–Kier alpha value is -2.10. The number of fused-ring (bicyclic) bond motifs is 1. The van der Waals surface area contributed by atoms with E-state index < -0.39 is 5.63 Å². The summed E-state index contributed by atoms with van der Waals surface area (Å²) >= 11 is 0. The lowest BCUT2D eigenvalue weighted by Crippen LogP contribution is -2.05. The van der Waals surface area contributed by atoms with Crippen LogP contribution in [0.3, 0.4) is 0 Å². The minimum absolute atomic E-state index is 0.0833. The SMILES string of the molecule is CC(=O)OCc1cc(=O)oc2cc(C)c(C)cc12. The summed E-state index contributed by atoms with van der Waals surface area (Å²) < 4.78 is 10.1. The zero-order chi connectivity index (χ0) is 13.3. The van der Waals surface area contributed by atoms with Crippen LogP contribution in [-0.2, 0) is 16.1 Å². The molecule has 94 valence electrons. The summed E-state index contributed by atoms with van der Waals surface area (Å²) in [4.78, 5) is 22.3. The molecule has 0 radical (unpaired) electrons. The Labute approximate surface area is 104 Å². The summed E-state index contributed by atoms with van der Waals surface area (Å²) in [5.74, 6) is -0.375. The number of carbonyl (C=O) groups excluding carboxylic acids is 1. The highest BCUT2D eigenvalue weighted by Gasteiger charge is 2.08. The number of hydrogen-bond donors (Lipinski definition) is 0. The van der Waals surface area contributed by atoms with Gasteiger partial charge in [-0.15, -0.1) is 0 Å². The maximum atomic E-state index is 11.4. The van der Waals surface area contributed by atoms with Gasteiger partial charge >= 0.3 is 11.6 Å². The van der Waals surface area contributed by atoms with Gasteiger partial charge in [-0.3, -0.25) is 4.79 Å². The molecule has 0 bridgehead atoms. The summed E-state index contributed by atoms with van der Waals surface area (Å²) in [6.07, 6.45) is 0. The Morgan fingerprint density at radius 3 is 2.56 bits per heavy atom. The molecule has 0 aliphatic carbocycles. The first-order chi connectivity index (χ1) is 8.47. The zero-order valence-electron chi connectivity index (χ0n) is 10.6. The number of aryl methyl sites for hydroxylation is 2. The van der Waals surface area contributed by atoms with Crippen LogP contribution in [0.15, 0.2) is 27.4 Å². The molecule has 0 unspecified atom stereocenters. The smallest absolute Gasteiger partial charge is 0.336 e. The first-order valence-corrected chi connectivity index (χ1v) is 5.64. The van der Waals surface area contributed by atoms with Crippen molar-refractivity contribution in [2.24, 2.45) is 0 Å². The molecule has 0 aliphatic rings. The van der Waals surface area contributed by atoms with E-state index >= 15 is 0 Å². The van der Waals surface area contributed by atoms with Crippen LogP contribution in [0.1, 0.15) is 23.6 Å². The molecule has 0 amide bonds. The minimum atomic E-state index is -0.437. The van der Waals surface area contributed by atoms with Gasteiger partial charge in [0.25, 0.3) is 0 Å². The van der Waals surface area contributed by atoms with E-state index in [1.807, 2.05) is 26.0 Å². The molecular weight excluding hydrogens is 232 g/mol. The van der Waals surface area contributed by atoms with E-state index in [2.05, 4.69) is 0 Å². The number of ether oxygens (including phenoxy) is 1. The second-order valence-electron chi connectivity index (χ2n) is 4.30. The molecule has 4 nitrogen and oxygen atoms in total. The largest absolute Gasteiger partial charge is 0.461 e. The first-order valence-electron chi connectivity index (χ1n) is 5.64. The molecule has 0 saturated carbocycles. The van der Waals surface area contributed by atoms with Gasteiger partial charge in [-0.1, -0.05) is 0 Å². The van der Waals surface area contributed by atoms with E-state index in [9.17, 15) is 9.59 Å². The van der Waals surface area contributed by atoms with Crippen LogP contribution >= 0.6 is 0 Å². The van der Waals surface area contributed by atoms with Gasteiger partial charge in [0.2, 0.25) is 0 Å². The molecule has 1 aromatic carbocycles. The van der Waals surface area contributed by atoms with Gasteiger partial charge in [-0.25, -0.2) is 4.79 Å². The second kappa shape index (κ2) is 4.64. The highest BCUT2D eigenvalue weighted by atomic mass is 16.5. The number of hydrogen-bond acceptors (Lipinski definition) is 4. The lowest BCUT2D eigenvalue weighted by Gasteiger charge is -2.08. The van der Waals surface area contributed by atoms with Crippen LogP contribution in [-0.4, -0.2) is 5.97 Å². The van der Waals surface area contributed by atoms with Crippen LogP contribution in [0.25, 0.3) is 11.0 Å². The third kappa shape index (κ3) is 2.42. The fourth-order valence-electron chi connectivity index (χ4n) is 1.78. The predicted molar refractivity (Wildman–Crippen MR) is 67.4 cm³/mol. The van der Waals surface area contributed by atoms with Crippen molar-refractivity contribution in [3.8, 4) is 0 Å². The molecule has 2 aromatic rings. The van der Waals surface area contributed by atoms with Crippen LogP contribution in [0.5, 0.6) is 0 Å². The molecule has 0 N–H and O–H groups in total. The fraction of sp³-hybridized carbons (Fsp3) is 0.286. The predicted octanol–water partition coefficient (Wildman–Crippen LogP) is 2.47. The Balaban J connectivity index is 2.60. The van der Waals surface area contributed by atoms with Gasteiger partial charge in [0, 0.05) is 23.9 Å². The molecule has 18 heavy (non-hydrogen) atoms. The van der Waals surface area contributed by atoms with Gasteiger partial charge in [0.05, 0.1) is 0 Å². The number of rotatable bonds is 2. The second-order valence-corrected chi connectivity index (χ2v) is 4.30. The molecule has 0 saturated heterocycles. The van der Waals surface area contributed by atoms with Crippen LogP contribution in [0, 0.1) is 13.8 Å². The first kappa shape index (κ1) is 12.4. The van der Waals surface area contributed by atoms with Crippen molar-refractivity contribution in [3.05, 3.63) is 45.3 Å². The monoisotopic (exact) mass is 246 g/mol. The standard InChI is InChI=1S/C14H14O4/c1-8-4-12-11(7-17-10(3)15)6-14(16)18-13(12)5-9(8)2/h4-6H,7H2,1-3H3. The number of carbonyl (C=O) groups is 1. The Bertz CT molecular complexity index is 667. The molecule has 0 spiro atoms. The molecule has 0 aliphatic heterocycles. The highest BCUT2D eigenvalue weighted by Crippen LogP contribution is 2.22. The van der Waals surface area contributed by atoms with Crippen LogP contribution < -0.4 is 5.63 Å². The minimum Gasteiger partial charge on any atom is -0.461 e. The van der Waals surface area contributed by atoms with Crippen molar-refractivity contribution >= 4 is 16.9 Å². The topological polar surface area (TPSA) is 56.5 Å². The van der Waals surface area contributed by atoms with Gasteiger partial charge in [-0.2, -0.15) is 0 Å². The molecular formula is C14H14O4. The molecule has 4 heteroatoms. The van der Waals surface area contributed by atoms with E-state index in [1.54, 1.807) is 0 Å². The van der Waals surface area contributed by atoms with Gasteiger partial charge in [0.15, 0.2) is 0 Å². The van der Waals surface area contributed by atoms with Crippen molar-refractivity contribution < 1.29 is 13.9 Å². The van der Waals surface area contributed by atoms with E-state index in [0.717, 1.165) is 16.5 Å². The number of benzene rings is 1. The van der Waals surface area contributed by atoms with Crippen molar-refractivity contribution in [1.82, 2.24) is 0 Å². The maximum absolute atomic E-state index is 11.4. The van der Waals surface area contributed by atoms with E-state index in [4.69, 9.17) is 9.15 Å². The van der Waals surface area contributed by atoms with Gasteiger partial charge in [0.1, 0.15) is 12.2 Å². The summed E-state index contributed by atoms with van der Waals surface area (Å²) in [5, 5.41) is 0.805. The van der Waals surface area contributed by atoms with E-state index in [1.165, 1.54) is 13.0 Å². The summed E-state index contributed by atoms with van der Waals surface area (Å²) in [6, 6.07) is 5.12. The maximum Gasteiger partial charge on any atom is 0.336 e. The van der Waals surface area contributed by atoms with Crippen molar-refractivity contribution in [3.63, 3.8) is 0 Å². The molecule has 0 atom stereocenters. The Kier molecular flexibility index (Phi) is 3.19. The Morgan fingerprint density at radius 2 is 1.89 bits per heavy atom. The lowest BCUT2D eigenvalue weighted by atomic mass is 10.0. The quantitative estimate of drug-likeness (QED) is 0.603. The normalized spacial score (nSPS) is 10.6. The molecule has 1 aromatic heterocycles. The highest BCUT2D eigenvalue weighted by molar-refractivity contribution is 5.82. The van der Waals surface area contributed by atoms with E-state index in [-0.39, 0.29) is 12.6 Å². The molecule has 1 heterocycles. The van der Waals surface area contributed by atoms with Gasteiger partial charge in [-0.05, 0) is 37.1 Å². The fourth-order valence-corrected chi connectivity index (χ4v) is 1.78. The molecule has 2 rings (SSSR count).